The highest BCUT2D eigenvalue weighted by molar-refractivity contribution is 5.33. The van der Waals surface area contributed by atoms with Gasteiger partial charge in [0.25, 0.3) is 5.56 Å². The minimum Gasteiger partial charge on any atom is -0.395 e. The second kappa shape index (κ2) is 7.10. The zero-order valence-electron chi connectivity index (χ0n) is 11.7. The van der Waals surface area contributed by atoms with E-state index in [0.717, 1.165) is 17.7 Å². The number of hydrogen-bond donors (Lipinski definition) is 2. The first-order chi connectivity index (χ1) is 9.01. The maximum absolute atomic E-state index is 11.7. The monoisotopic (exact) mass is 270 g/mol. The number of likely N-dealkylation sites (N-methyl/N-ethyl adjacent to an activating group) is 1. The lowest BCUT2D eigenvalue weighted by Crippen LogP contribution is -2.38. The molecule has 0 amide bonds. The summed E-state index contributed by atoms with van der Waals surface area (Å²) in [6.45, 7) is 4.95. The highest BCUT2D eigenvalue weighted by Crippen LogP contribution is 1.98. The first-order valence-corrected chi connectivity index (χ1v) is 6.35. The Kier molecular flexibility index (Phi) is 5.78. The maximum Gasteiger partial charge on any atom is 0.332 e. The number of aliphatic hydroxyl groups excluding tert-OH is 1. The first kappa shape index (κ1) is 15.5. The molecular weight excluding hydrogens is 248 g/mol. The number of nitrogens with zero attached hydrogens (tertiary/aromatic N) is 3. The zero-order chi connectivity index (χ0) is 14.4. The minimum atomic E-state index is -0.349. The van der Waals surface area contributed by atoms with Crippen molar-refractivity contribution in [3.05, 3.63) is 26.9 Å². The van der Waals surface area contributed by atoms with Crippen LogP contribution in [0, 0.1) is 0 Å². The van der Waals surface area contributed by atoms with E-state index in [2.05, 4.69) is 10.2 Å². The van der Waals surface area contributed by atoms with Gasteiger partial charge < -0.3 is 10.4 Å². The summed E-state index contributed by atoms with van der Waals surface area (Å²) in [5.74, 6) is 0.508. The average molecular weight is 270 g/mol. The normalized spacial score (nSPS) is 11.0. The fourth-order valence-electron chi connectivity index (χ4n) is 1.81. The van der Waals surface area contributed by atoms with Crippen LogP contribution in [0.1, 0.15) is 6.92 Å². The van der Waals surface area contributed by atoms with Gasteiger partial charge in [0.2, 0.25) is 0 Å². The van der Waals surface area contributed by atoms with Gasteiger partial charge in [-0.2, -0.15) is 0 Å². The Labute approximate surface area is 112 Å². The van der Waals surface area contributed by atoms with Gasteiger partial charge >= 0.3 is 5.69 Å². The van der Waals surface area contributed by atoms with Crippen molar-refractivity contribution in [1.82, 2.24) is 14.0 Å². The van der Waals surface area contributed by atoms with Crippen molar-refractivity contribution in [3.8, 4) is 0 Å². The average Bonchev–Trinajstić information content (AvgIpc) is 2.41. The summed E-state index contributed by atoms with van der Waals surface area (Å²) >= 11 is 0. The van der Waals surface area contributed by atoms with Gasteiger partial charge in [-0.3, -0.25) is 18.8 Å². The van der Waals surface area contributed by atoms with Crippen molar-refractivity contribution in [2.24, 2.45) is 14.1 Å². The van der Waals surface area contributed by atoms with E-state index in [4.69, 9.17) is 5.11 Å². The molecule has 1 heterocycles. The van der Waals surface area contributed by atoms with Crippen LogP contribution >= 0.6 is 0 Å². The fraction of sp³-hybridized carbons (Fsp3) is 0.667. The van der Waals surface area contributed by atoms with E-state index in [0.29, 0.717) is 18.9 Å². The predicted molar refractivity (Wildman–Crippen MR) is 74.6 cm³/mol. The lowest BCUT2D eigenvalue weighted by molar-refractivity contribution is 0.206. The van der Waals surface area contributed by atoms with Gasteiger partial charge in [-0.15, -0.1) is 0 Å². The molecular formula is C12H22N4O3. The SMILES string of the molecule is CCN(CCO)CCNc1cc(=O)n(C)c(=O)n1C. The molecule has 0 atom stereocenters. The van der Waals surface area contributed by atoms with E-state index >= 15 is 0 Å². The van der Waals surface area contributed by atoms with Gasteiger partial charge in [0.1, 0.15) is 5.82 Å². The summed E-state index contributed by atoms with van der Waals surface area (Å²) in [5, 5.41) is 12.0. The number of rotatable bonds is 7. The van der Waals surface area contributed by atoms with Crippen LogP contribution in [0.5, 0.6) is 0 Å². The topological polar surface area (TPSA) is 79.5 Å². The van der Waals surface area contributed by atoms with Gasteiger partial charge in [-0.05, 0) is 6.54 Å². The van der Waals surface area contributed by atoms with Crippen LogP contribution < -0.4 is 16.6 Å². The Balaban J connectivity index is 2.69. The molecule has 0 saturated carbocycles. The quantitative estimate of drug-likeness (QED) is 0.651. The maximum atomic E-state index is 11.7. The van der Waals surface area contributed by atoms with Gasteiger partial charge in [-0.25, -0.2) is 4.79 Å². The summed E-state index contributed by atoms with van der Waals surface area (Å²) in [5.41, 5.74) is -0.675. The van der Waals surface area contributed by atoms with E-state index in [1.54, 1.807) is 7.05 Å². The third-order valence-corrected chi connectivity index (χ3v) is 3.12. The zero-order valence-corrected chi connectivity index (χ0v) is 11.7. The second-order valence-electron chi connectivity index (χ2n) is 4.35. The van der Waals surface area contributed by atoms with Crippen molar-refractivity contribution in [1.29, 1.82) is 0 Å². The number of nitrogens with one attached hydrogen (secondary N) is 1. The Hall–Kier alpha value is -1.60. The summed E-state index contributed by atoms with van der Waals surface area (Å²) in [7, 11) is 3.07. The largest absolute Gasteiger partial charge is 0.395 e. The highest BCUT2D eigenvalue weighted by Gasteiger charge is 2.06. The van der Waals surface area contributed by atoms with Crippen molar-refractivity contribution >= 4 is 5.82 Å². The van der Waals surface area contributed by atoms with Crippen LogP contribution in [0.25, 0.3) is 0 Å². The molecule has 1 rings (SSSR count). The predicted octanol–water partition coefficient (Wildman–Crippen LogP) is -1.19. The molecule has 0 bridgehead atoms. The Bertz CT molecular complexity index is 521. The summed E-state index contributed by atoms with van der Waals surface area (Å²) in [6.07, 6.45) is 0. The minimum absolute atomic E-state index is 0.123. The molecule has 7 nitrogen and oxygen atoms in total. The number of anilines is 1. The van der Waals surface area contributed by atoms with Crippen molar-refractivity contribution in [2.75, 3.05) is 38.1 Å². The molecule has 0 fully saturated rings. The Morgan fingerprint density at radius 2 is 1.95 bits per heavy atom. The third-order valence-electron chi connectivity index (χ3n) is 3.12. The molecule has 0 aliphatic rings. The van der Waals surface area contributed by atoms with Gasteiger partial charge in [-0.1, -0.05) is 6.92 Å². The van der Waals surface area contributed by atoms with Crippen LogP contribution in [0.15, 0.2) is 15.7 Å². The van der Waals surface area contributed by atoms with Crippen LogP contribution in [-0.4, -0.2) is 51.9 Å². The van der Waals surface area contributed by atoms with E-state index in [1.165, 1.54) is 17.7 Å². The standard InChI is InChI=1S/C12H22N4O3/c1-4-16(7-8-17)6-5-13-10-9-11(18)15(3)12(19)14(10)2/h9,13,17H,4-8H2,1-3H3. The summed E-state index contributed by atoms with van der Waals surface area (Å²) < 4.78 is 2.47. The Morgan fingerprint density at radius 3 is 2.53 bits per heavy atom. The van der Waals surface area contributed by atoms with E-state index in [-0.39, 0.29) is 17.9 Å². The molecule has 0 aliphatic carbocycles. The molecule has 2 N–H and O–H groups in total. The number of aromatic nitrogens is 2. The van der Waals surface area contributed by atoms with Crippen LogP contribution in [0.2, 0.25) is 0 Å². The van der Waals surface area contributed by atoms with E-state index in [1.807, 2.05) is 6.92 Å². The molecule has 0 spiro atoms. The molecule has 0 aromatic carbocycles. The van der Waals surface area contributed by atoms with Crippen LogP contribution in [-0.2, 0) is 14.1 Å². The fourth-order valence-corrected chi connectivity index (χ4v) is 1.81. The summed E-state index contributed by atoms with van der Waals surface area (Å²) in [6, 6.07) is 1.41. The molecule has 19 heavy (non-hydrogen) atoms. The molecule has 7 heteroatoms. The van der Waals surface area contributed by atoms with Crippen LogP contribution in [0.4, 0.5) is 5.82 Å². The molecule has 0 unspecified atom stereocenters. The third kappa shape index (κ3) is 3.93. The van der Waals surface area contributed by atoms with Crippen molar-refractivity contribution in [3.63, 3.8) is 0 Å². The molecule has 1 aromatic rings. The van der Waals surface area contributed by atoms with E-state index < -0.39 is 0 Å². The molecule has 0 aliphatic heterocycles. The van der Waals surface area contributed by atoms with Gasteiger partial charge in [0.15, 0.2) is 0 Å². The first-order valence-electron chi connectivity index (χ1n) is 6.35. The van der Waals surface area contributed by atoms with Gasteiger partial charge in [0, 0.05) is 39.8 Å². The van der Waals surface area contributed by atoms with Crippen molar-refractivity contribution in [2.45, 2.75) is 6.92 Å². The number of aliphatic hydroxyl groups is 1. The van der Waals surface area contributed by atoms with Crippen molar-refractivity contribution < 1.29 is 5.11 Å². The molecule has 0 saturated heterocycles. The van der Waals surface area contributed by atoms with Crippen LogP contribution in [0.3, 0.4) is 0 Å². The Morgan fingerprint density at radius 1 is 1.26 bits per heavy atom. The smallest absolute Gasteiger partial charge is 0.332 e. The molecule has 0 radical (unpaired) electrons. The second-order valence-corrected chi connectivity index (χ2v) is 4.35. The lowest BCUT2D eigenvalue weighted by Gasteiger charge is -2.20. The summed E-state index contributed by atoms with van der Waals surface area (Å²) in [4.78, 5) is 25.3. The molecule has 1 aromatic heterocycles. The number of hydrogen-bond acceptors (Lipinski definition) is 5. The van der Waals surface area contributed by atoms with Gasteiger partial charge in [0.05, 0.1) is 6.61 Å². The van der Waals surface area contributed by atoms with E-state index in [9.17, 15) is 9.59 Å². The molecule has 108 valence electrons. The lowest BCUT2D eigenvalue weighted by atomic mass is 10.4. The highest BCUT2D eigenvalue weighted by atomic mass is 16.3.